The highest BCUT2D eigenvalue weighted by Gasteiger charge is 2.25. The van der Waals surface area contributed by atoms with Crippen molar-refractivity contribution in [1.82, 2.24) is 0 Å². The van der Waals surface area contributed by atoms with Crippen molar-refractivity contribution in [2.24, 2.45) is 0 Å². The maximum absolute atomic E-state index is 11.7. The maximum Gasteiger partial charge on any atom is 0.345 e. The molecule has 0 aliphatic carbocycles. The number of unbranched alkanes of at least 4 members (excludes halogenated alkanes) is 2. The molecule has 0 saturated heterocycles. The molecule has 0 aromatic heterocycles. The topological polar surface area (TPSA) is 91.3 Å². The fraction of sp³-hybridized carbons (Fsp3) is 0.704. The van der Waals surface area contributed by atoms with E-state index in [0.29, 0.717) is 29.2 Å². The second-order valence-electron chi connectivity index (χ2n) is 10.8. The lowest BCUT2D eigenvalue weighted by Crippen LogP contribution is -2.29. The molecule has 1 N–H and O–H groups in total. The SMILES string of the molecule is CCCCC(CCCC)[SiH](C)Oc1ccc(OCOCC[Si](C)(C)C)c(CC(OC(C)=O)C(=O)O)c1. The predicted octanol–water partition coefficient (Wildman–Crippen LogP) is 6.42. The first-order valence-electron chi connectivity index (χ1n) is 13.4. The molecule has 1 rings (SSSR count). The monoisotopic (exact) mass is 540 g/mol. The molecule has 0 radical (unpaired) electrons. The predicted molar refractivity (Wildman–Crippen MR) is 149 cm³/mol. The number of ether oxygens (including phenoxy) is 3. The zero-order valence-electron chi connectivity index (χ0n) is 23.4. The molecule has 0 heterocycles. The van der Waals surface area contributed by atoms with Crippen molar-refractivity contribution in [2.45, 2.75) is 110 Å². The molecule has 0 amide bonds. The standard InChI is InChI=1S/C27H48O7Si2/c1-8-10-12-24(13-11-9-2)35(4)34-23-14-15-25(32-20-31-16-17-36(5,6)7)22(18-23)19-26(27(29)30)33-21(3)28/h14-15,18,24,26,35H,8-13,16-17,19-20H2,1-7H3,(H,29,30). The van der Waals surface area contributed by atoms with Crippen LogP contribution in [0.1, 0.15) is 64.9 Å². The molecule has 7 nitrogen and oxygen atoms in total. The van der Waals surface area contributed by atoms with E-state index in [0.717, 1.165) is 6.04 Å². The van der Waals surface area contributed by atoms with Crippen LogP contribution in [0.15, 0.2) is 18.2 Å². The molecule has 0 saturated carbocycles. The first-order valence-corrected chi connectivity index (χ1v) is 19.4. The molecule has 9 heteroatoms. The number of hydrogen-bond donors (Lipinski definition) is 1. The highest BCUT2D eigenvalue weighted by Crippen LogP contribution is 2.31. The van der Waals surface area contributed by atoms with Crippen molar-refractivity contribution in [1.29, 1.82) is 0 Å². The third-order valence-corrected chi connectivity index (χ3v) is 10.5. The van der Waals surface area contributed by atoms with Gasteiger partial charge >= 0.3 is 11.9 Å². The fourth-order valence-electron chi connectivity index (χ4n) is 3.91. The van der Waals surface area contributed by atoms with Crippen molar-refractivity contribution in [3.05, 3.63) is 23.8 Å². The smallest absolute Gasteiger partial charge is 0.345 e. The van der Waals surface area contributed by atoms with Crippen molar-refractivity contribution in [3.8, 4) is 11.5 Å². The van der Waals surface area contributed by atoms with Gasteiger partial charge in [0.15, 0.2) is 6.79 Å². The Morgan fingerprint density at radius 1 is 1.08 bits per heavy atom. The van der Waals surface area contributed by atoms with Gasteiger partial charge in [-0.05, 0) is 49.2 Å². The fourth-order valence-corrected chi connectivity index (χ4v) is 6.84. The summed E-state index contributed by atoms with van der Waals surface area (Å²) in [4.78, 5) is 23.2. The lowest BCUT2D eigenvalue weighted by Gasteiger charge is -2.24. The summed E-state index contributed by atoms with van der Waals surface area (Å²) in [5, 5.41) is 9.59. The lowest BCUT2D eigenvalue weighted by molar-refractivity contribution is -0.162. The van der Waals surface area contributed by atoms with Crippen molar-refractivity contribution < 1.29 is 33.3 Å². The zero-order valence-corrected chi connectivity index (χ0v) is 25.6. The van der Waals surface area contributed by atoms with E-state index in [2.05, 4.69) is 40.0 Å². The van der Waals surface area contributed by atoms with Gasteiger partial charge in [-0.2, -0.15) is 0 Å². The van der Waals surface area contributed by atoms with Crippen LogP contribution in [0.2, 0.25) is 37.8 Å². The van der Waals surface area contributed by atoms with E-state index in [-0.39, 0.29) is 13.2 Å². The minimum Gasteiger partial charge on any atom is -0.546 e. The summed E-state index contributed by atoms with van der Waals surface area (Å²) in [6.45, 7) is 15.4. The van der Waals surface area contributed by atoms with E-state index in [4.69, 9.17) is 18.6 Å². The molecule has 206 valence electrons. The van der Waals surface area contributed by atoms with Gasteiger partial charge in [-0.3, -0.25) is 4.79 Å². The Labute approximate surface area is 220 Å². The number of esters is 1. The summed E-state index contributed by atoms with van der Waals surface area (Å²) < 4.78 is 23.1. The maximum atomic E-state index is 11.7. The van der Waals surface area contributed by atoms with Gasteiger partial charge in [0.05, 0.1) is 0 Å². The molecule has 0 fully saturated rings. The van der Waals surface area contributed by atoms with E-state index in [1.807, 2.05) is 12.1 Å². The van der Waals surface area contributed by atoms with Crippen LogP contribution in [0, 0.1) is 0 Å². The molecule has 0 bridgehead atoms. The zero-order chi connectivity index (χ0) is 27.1. The summed E-state index contributed by atoms with van der Waals surface area (Å²) in [6, 6.07) is 6.54. The van der Waals surface area contributed by atoms with Gasteiger partial charge in [0.2, 0.25) is 15.1 Å². The molecule has 2 unspecified atom stereocenters. The van der Waals surface area contributed by atoms with Gasteiger partial charge in [0.25, 0.3) is 0 Å². The third kappa shape index (κ3) is 13.5. The van der Waals surface area contributed by atoms with Gasteiger partial charge in [0.1, 0.15) is 11.5 Å². The van der Waals surface area contributed by atoms with E-state index in [1.165, 1.54) is 45.4 Å². The van der Waals surface area contributed by atoms with E-state index in [9.17, 15) is 14.7 Å². The van der Waals surface area contributed by atoms with Gasteiger partial charge in [-0.1, -0.05) is 59.2 Å². The van der Waals surface area contributed by atoms with Crippen molar-refractivity contribution >= 4 is 29.1 Å². The second kappa shape index (κ2) is 16.8. The van der Waals surface area contributed by atoms with Gasteiger partial charge in [-0.15, -0.1) is 0 Å². The number of carbonyl (C=O) groups is 2. The first-order chi connectivity index (χ1) is 17.0. The molecule has 2 atom stereocenters. The van der Waals surface area contributed by atoms with E-state index < -0.39 is 35.2 Å². The summed E-state index contributed by atoms with van der Waals surface area (Å²) in [5.74, 6) is -0.615. The Morgan fingerprint density at radius 3 is 2.25 bits per heavy atom. The number of carbonyl (C=O) groups excluding carboxylic acids is 1. The number of rotatable bonds is 19. The van der Waals surface area contributed by atoms with Crippen molar-refractivity contribution in [2.75, 3.05) is 13.4 Å². The minimum absolute atomic E-state index is 0.0125. The Hall–Kier alpha value is -1.85. The normalized spacial score (nSPS) is 13.3. The summed E-state index contributed by atoms with van der Waals surface area (Å²) in [5.41, 5.74) is 1.21. The molecule has 0 spiro atoms. The highest BCUT2D eigenvalue weighted by atomic mass is 28.3. The Morgan fingerprint density at radius 2 is 1.72 bits per heavy atom. The van der Waals surface area contributed by atoms with Crippen LogP contribution in [-0.4, -0.2) is 53.7 Å². The van der Waals surface area contributed by atoms with Crippen LogP contribution in [0.4, 0.5) is 0 Å². The van der Waals surface area contributed by atoms with Crippen LogP contribution >= 0.6 is 0 Å². The van der Waals surface area contributed by atoms with Gasteiger partial charge < -0.3 is 23.7 Å². The van der Waals surface area contributed by atoms with Crippen LogP contribution in [0.5, 0.6) is 11.5 Å². The van der Waals surface area contributed by atoms with E-state index >= 15 is 0 Å². The molecule has 1 aromatic rings. The summed E-state index contributed by atoms with van der Waals surface area (Å²) in [6.07, 6.45) is 5.80. The molecule has 1 aromatic carbocycles. The number of aliphatic carboxylic acids is 1. The molecular weight excluding hydrogens is 492 g/mol. The quantitative estimate of drug-likeness (QED) is 0.0937. The molecule has 36 heavy (non-hydrogen) atoms. The average Bonchev–Trinajstić information content (AvgIpc) is 2.78. The van der Waals surface area contributed by atoms with Crippen LogP contribution in [0.25, 0.3) is 0 Å². The van der Waals surface area contributed by atoms with Gasteiger partial charge in [0, 0.05) is 33.6 Å². The number of benzene rings is 1. The molecule has 0 aliphatic rings. The van der Waals surface area contributed by atoms with Crippen LogP contribution < -0.4 is 9.16 Å². The largest absolute Gasteiger partial charge is 0.546 e. The summed E-state index contributed by atoms with van der Waals surface area (Å²) >= 11 is 0. The average molecular weight is 541 g/mol. The molecular formula is C27H48O7Si2. The minimum atomic E-state index is -1.53. The van der Waals surface area contributed by atoms with Crippen LogP contribution in [-0.2, 0) is 25.5 Å². The number of hydrogen-bond acceptors (Lipinski definition) is 6. The van der Waals surface area contributed by atoms with E-state index in [1.54, 1.807) is 6.07 Å². The Bertz CT molecular complexity index is 787. The second-order valence-corrected chi connectivity index (χ2v) is 19.0. The lowest BCUT2D eigenvalue weighted by atomic mass is 10.1. The highest BCUT2D eigenvalue weighted by molar-refractivity contribution is 6.76. The van der Waals surface area contributed by atoms with Gasteiger partial charge in [-0.25, -0.2) is 4.79 Å². The summed E-state index contributed by atoms with van der Waals surface area (Å²) in [7, 11) is -2.74. The first kappa shape index (κ1) is 32.2. The Kier molecular flexibility index (Phi) is 15.0. The van der Waals surface area contributed by atoms with Crippen molar-refractivity contribution in [3.63, 3.8) is 0 Å². The van der Waals surface area contributed by atoms with Crippen LogP contribution in [0.3, 0.4) is 0 Å². The Balaban J connectivity index is 3.04. The third-order valence-electron chi connectivity index (χ3n) is 6.16. The number of carboxylic acids is 1. The molecule has 0 aliphatic heterocycles. The number of carboxylic acid groups (broad SMARTS) is 1.